The molecule has 8 heteroatoms. The first-order valence-electron chi connectivity index (χ1n) is 7.74. The molecular weight excluding hydrogens is 405 g/mol. The van der Waals surface area contributed by atoms with E-state index >= 15 is 0 Å². The molecule has 6 nitrogen and oxygen atoms in total. The highest BCUT2D eigenvalue weighted by Gasteiger charge is 2.29. The topological polar surface area (TPSA) is 71.5 Å². The summed E-state index contributed by atoms with van der Waals surface area (Å²) < 4.78 is 18.8. The number of hydrogen-bond donors (Lipinski definition) is 1. The molecule has 1 atom stereocenters. The third-order valence-corrected chi connectivity index (χ3v) is 4.54. The van der Waals surface area contributed by atoms with Crippen LogP contribution in [0.5, 0.6) is 5.88 Å². The fourth-order valence-electron chi connectivity index (χ4n) is 2.59. The minimum absolute atomic E-state index is 0.107. The number of ether oxygens (including phenoxy) is 1. The number of halogens is 2. The minimum Gasteiger partial charge on any atom is -0.481 e. The number of carbonyl (C=O) groups is 2. The lowest BCUT2D eigenvalue weighted by molar-refractivity contribution is -0.116. The van der Waals surface area contributed by atoms with E-state index in [2.05, 4.69) is 26.2 Å². The second-order valence-corrected chi connectivity index (χ2v) is 6.43. The molecule has 1 aromatic carbocycles. The fraction of sp³-hybridized carbons (Fsp3) is 0.167. The summed E-state index contributed by atoms with van der Waals surface area (Å²) in [5.41, 5.74) is 0.664. The lowest BCUT2D eigenvalue weighted by Gasteiger charge is -2.31. The Morgan fingerprint density at radius 3 is 2.73 bits per heavy atom. The molecule has 1 aliphatic heterocycles. The molecule has 3 rings (SSSR count). The van der Waals surface area contributed by atoms with Gasteiger partial charge in [0.25, 0.3) is 0 Å². The molecular formula is C18H15BrFN3O3. The molecule has 2 heterocycles. The zero-order valence-electron chi connectivity index (χ0n) is 13.8. The minimum atomic E-state index is -0.530. The summed E-state index contributed by atoms with van der Waals surface area (Å²) in [6, 6.07) is 8.08. The summed E-state index contributed by atoms with van der Waals surface area (Å²) >= 11 is 3.32. The maximum atomic E-state index is 13.2. The molecule has 0 fully saturated rings. The Labute approximate surface area is 157 Å². The van der Waals surface area contributed by atoms with Crippen LogP contribution in [-0.2, 0) is 4.79 Å². The van der Waals surface area contributed by atoms with Crippen LogP contribution in [0.2, 0.25) is 0 Å². The van der Waals surface area contributed by atoms with E-state index in [4.69, 9.17) is 4.74 Å². The van der Waals surface area contributed by atoms with Crippen LogP contribution in [0, 0.1) is 5.82 Å². The summed E-state index contributed by atoms with van der Waals surface area (Å²) in [6.45, 7) is 0. The van der Waals surface area contributed by atoms with Crippen molar-refractivity contribution in [3.05, 3.63) is 64.5 Å². The van der Waals surface area contributed by atoms with E-state index in [9.17, 15) is 14.0 Å². The molecule has 1 N–H and O–H groups in total. The van der Waals surface area contributed by atoms with Gasteiger partial charge in [-0.05, 0) is 45.8 Å². The van der Waals surface area contributed by atoms with Crippen molar-refractivity contribution in [1.29, 1.82) is 0 Å². The number of urea groups is 1. The zero-order valence-corrected chi connectivity index (χ0v) is 15.4. The van der Waals surface area contributed by atoms with Crippen LogP contribution in [0.3, 0.4) is 0 Å². The van der Waals surface area contributed by atoms with Gasteiger partial charge >= 0.3 is 6.03 Å². The number of benzene rings is 1. The highest BCUT2D eigenvalue weighted by atomic mass is 79.9. The van der Waals surface area contributed by atoms with Gasteiger partial charge in [0.2, 0.25) is 5.88 Å². The number of ketones is 1. The molecule has 0 aliphatic carbocycles. The number of anilines is 1. The van der Waals surface area contributed by atoms with Crippen LogP contribution in [0.4, 0.5) is 15.0 Å². The summed E-state index contributed by atoms with van der Waals surface area (Å²) in [5, 5.41) is 2.69. The van der Waals surface area contributed by atoms with Crippen molar-refractivity contribution in [1.82, 2.24) is 9.88 Å². The Bertz CT molecular complexity index is 870. The molecule has 26 heavy (non-hydrogen) atoms. The zero-order chi connectivity index (χ0) is 18.7. The second-order valence-electron chi connectivity index (χ2n) is 5.57. The van der Waals surface area contributed by atoms with Crippen LogP contribution in [0.1, 0.15) is 18.0 Å². The molecule has 0 saturated heterocycles. The average Bonchev–Trinajstić information content (AvgIpc) is 2.64. The molecule has 0 radical (unpaired) electrons. The number of amides is 2. The number of aromatic nitrogens is 1. The average molecular weight is 420 g/mol. The molecule has 2 aromatic rings. The number of carbonyl (C=O) groups excluding carboxylic acids is 2. The maximum absolute atomic E-state index is 13.2. The lowest BCUT2D eigenvalue weighted by atomic mass is 9.97. The van der Waals surface area contributed by atoms with Gasteiger partial charge in [-0.15, -0.1) is 0 Å². The number of nitrogens with one attached hydrogen (secondary N) is 1. The Hall–Kier alpha value is -2.74. The SMILES string of the molecule is COc1ccc(Br)c(NC(=O)N2C=CC(=O)CC2c2ccc(F)cc2)n1. The first kappa shape index (κ1) is 18.1. The van der Waals surface area contributed by atoms with Crippen molar-refractivity contribution in [2.45, 2.75) is 12.5 Å². The van der Waals surface area contributed by atoms with Crippen molar-refractivity contribution < 1.29 is 18.7 Å². The van der Waals surface area contributed by atoms with Gasteiger partial charge in [-0.25, -0.2) is 9.18 Å². The standard InChI is InChI=1S/C18H15BrFN3O3/c1-26-16-7-6-14(19)17(21-16)22-18(25)23-9-8-13(24)10-15(23)11-2-4-12(20)5-3-11/h2-9,15H,10H2,1H3,(H,21,22,25). The molecule has 0 saturated carbocycles. The molecule has 1 unspecified atom stereocenters. The predicted molar refractivity (Wildman–Crippen MR) is 97.3 cm³/mol. The molecule has 0 spiro atoms. The quantitative estimate of drug-likeness (QED) is 0.814. The highest BCUT2D eigenvalue weighted by molar-refractivity contribution is 9.10. The summed E-state index contributed by atoms with van der Waals surface area (Å²) in [7, 11) is 1.48. The number of rotatable bonds is 3. The van der Waals surface area contributed by atoms with Crippen LogP contribution in [0.25, 0.3) is 0 Å². The Balaban J connectivity index is 1.87. The van der Waals surface area contributed by atoms with Crippen LogP contribution < -0.4 is 10.1 Å². The van der Waals surface area contributed by atoms with Crippen LogP contribution >= 0.6 is 15.9 Å². The third kappa shape index (κ3) is 3.91. The molecule has 2 amide bonds. The Morgan fingerprint density at radius 1 is 1.31 bits per heavy atom. The number of hydrogen-bond acceptors (Lipinski definition) is 4. The largest absolute Gasteiger partial charge is 0.481 e. The van der Waals surface area contributed by atoms with E-state index in [1.165, 1.54) is 36.4 Å². The molecule has 134 valence electrons. The summed E-state index contributed by atoms with van der Waals surface area (Å²) in [4.78, 5) is 30.1. The van der Waals surface area contributed by atoms with Crippen molar-refractivity contribution in [2.75, 3.05) is 12.4 Å². The van der Waals surface area contributed by atoms with Crippen molar-refractivity contribution in [3.8, 4) is 5.88 Å². The lowest BCUT2D eigenvalue weighted by Crippen LogP contribution is -2.37. The van der Waals surface area contributed by atoms with Crippen molar-refractivity contribution in [2.24, 2.45) is 0 Å². The normalized spacial score (nSPS) is 16.5. The van der Waals surface area contributed by atoms with Gasteiger partial charge in [-0.2, -0.15) is 4.98 Å². The molecule has 1 aromatic heterocycles. The molecule has 0 bridgehead atoms. The fourth-order valence-corrected chi connectivity index (χ4v) is 2.91. The van der Waals surface area contributed by atoms with E-state index in [1.54, 1.807) is 24.3 Å². The van der Waals surface area contributed by atoms with E-state index in [1.807, 2.05) is 0 Å². The smallest absolute Gasteiger partial charge is 0.327 e. The van der Waals surface area contributed by atoms with Gasteiger partial charge in [-0.3, -0.25) is 15.0 Å². The van der Waals surface area contributed by atoms with E-state index in [-0.39, 0.29) is 23.8 Å². The van der Waals surface area contributed by atoms with E-state index in [0.717, 1.165) is 0 Å². The summed E-state index contributed by atoms with van der Waals surface area (Å²) in [6.07, 6.45) is 2.87. The van der Waals surface area contributed by atoms with E-state index in [0.29, 0.717) is 15.9 Å². The number of pyridine rings is 1. The Kier molecular flexibility index (Phi) is 5.32. The highest BCUT2D eigenvalue weighted by Crippen LogP contribution is 2.30. The first-order chi connectivity index (χ1) is 12.5. The van der Waals surface area contributed by atoms with Gasteiger partial charge < -0.3 is 4.74 Å². The maximum Gasteiger partial charge on any atom is 0.327 e. The van der Waals surface area contributed by atoms with Crippen LogP contribution in [-0.4, -0.2) is 28.8 Å². The third-order valence-electron chi connectivity index (χ3n) is 3.90. The monoisotopic (exact) mass is 419 g/mol. The van der Waals surface area contributed by atoms with Gasteiger partial charge in [-0.1, -0.05) is 12.1 Å². The van der Waals surface area contributed by atoms with Crippen molar-refractivity contribution in [3.63, 3.8) is 0 Å². The van der Waals surface area contributed by atoms with Gasteiger partial charge in [0, 0.05) is 18.7 Å². The number of methoxy groups -OCH3 is 1. The van der Waals surface area contributed by atoms with Gasteiger partial charge in [0.05, 0.1) is 17.6 Å². The van der Waals surface area contributed by atoms with Gasteiger partial charge in [0.1, 0.15) is 5.82 Å². The summed E-state index contributed by atoms with van der Waals surface area (Å²) in [5.74, 6) is 0.149. The molecule has 1 aliphatic rings. The first-order valence-corrected chi connectivity index (χ1v) is 8.53. The van der Waals surface area contributed by atoms with Crippen molar-refractivity contribution >= 4 is 33.6 Å². The predicted octanol–water partition coefficient (Wildman–Crippen LogP) is 4.05. The Morgan fingerprint density at radius 2 is 2.04 bits per heavy atom. The van der Waals surface area contributed by atoms with Crippen LogP contribution in [0.15, 0.2) is 53.1 Å². The van der Waals surface area contributed by atoms with E-state index < -0.39 is 12.1 Å². The second kappa shape index (κ2) is 7.65. The van der Waals surface area contributed by atoms with Gasteiger partial charge in [0.15, 0.2) is 11.6 Å². The number of allylic oxidation sites excluding steroid dienone is 1. The number of nitrogens with zero attached hydrogens (tertiary/aromatic N) is 2.